The molecule has 0 aliphatic heterocycles. The lowest BCUT2D eigenvalue weighted by Crippen LogP contribution is -2.24. The standard InChI is InChI=1S/C15H26FN3O/c1-12(2)10-17-11-13-6-7-18-15(14(13)16)19(3)8-5-9-20-4/h6-7,12,17H,5,8-11H2,1-4H3. The van der Waals surface area contributed by atoms with Crippen LogP contribution in [0, 0.1) is 11.7 Å². The minimum atomic E-state index is -0.233. The third-order valence-electron chi connectivity index (χ3n) is 3.02. The van der Waals surface area contributed by atoms with Gasteiger partial charge in [-0.05, 0) is 24.9 Å². The summed E-state index contributed by atoms with van der Waals surface area (Å²) in [7, 11) is 3.52. The summed E-state index contributed by atoms with van der Waals surface area (Å²) < 4.78 is 19.4. The molecule has 1 N–H and O–H groups in total. The first-order valence-electron chi connectivity index (χ1n) is 7.10. The molecule has 1 rings (SSSR count). The second kappa shape index (κ2) is 8.87. The van der Waals surface area contributed by atoms with Gasteiger partial charge in [0.05, 0.1) is 0 Å². The highest BCUT2D eigenvalue weighted by atomic mass is 19.1. The number of nitrogens with one attached hydrogen (secondary N) is 1. The van der Waals surface area contributed by atoms with Gasteiger partial charge in [-0.3, -0.25) is 0 Å². The van der Waals surface area contributed by atoms with Gasteiger partial charge in [-0.25, -0.2) is 9.37 Å². The highest BCUT2D eigenvalue weighted by Crippen LogP contribution is 2.18. The van der Waals surface area contributed by atoms with Crippen molar-refractivity contribution in [1.29, 1.82) is 0 Å². The number of pyridine rings is 1. The Morgan fingerprint density at radius 1 is 1.45 bits per heavy atom. The summed E-state index contributed by atoms with van der Waals surface area (Å²) in [6.45, 7) is 7.06. The van der Waals surface area contributed by atoms with Crippen LogP contribution in [0.2, 0.25) is 0 Å². The van der Waals surface area contributed by atoms with Crippen LogP contribution >= 0.6 is 0 Å². The summed E-state index contributed by atoms with van der Waals surface area (Å²) in [5, 5.41) is 3.25. The predicted octanol–water partition coefficient (Wildman–Crippen LogP) is 2.44. The van der Waals surface area contributed by atoms with E-state index in [4.69, 9.17) is 4.74 Å². The first-order valence-corrected chi connectivity index (χ1v) is 7.10. The summed E-state index contributed by atoms with van der Waals surface area (Å²) in [6.07, 6.45) is 2.52. The van der Waals surface area contributed by atoms with E-state index in [1.807, 2.05) is 11.9 Å². The van der Waals surface area contributed by atoms with E-state index in [0.29, 0.717) is 30.5 Å². The maximum absolute atomic E-state index is 14.4. The minimum Gasteiger partial charge on any atom is -0.385 e. The van der Waals surface area contributed by atoms with Crippen molar-refractivity contribution in [3.05, 3.63) is 23.6 Å². The van der Waals surface area contributed by atoms with Crippen molar-refractivity contribution in [2.75, 3.05) is 38.8 Å². The zero-order valence-corrected chi connectivity index (χ0v) is 12.9. The summed E-state index contributed by atoms with van der Waals surface area (Å²) in [4.78, 5) is 5.98. The first-order chi connectivity index (χ1) is 9.56. The maximum Gasteiger partial charge on any atom is 0.170 e. The fourth-order valence-electron chi connectivity index (χ4n) is 1.92. The monoisotopic (exact) mass is 283 g/mol. The van der Waals surface area contributed by atoms with E-state index in [2.05, 4.69) is 24.1 Å². The zero-order valence-electron chi connectivity index (χ0n) is 12.9. The number of halogens is 1. The molecule has 1 aromatic rings. The predicted molar refractivity (Wildman–Crippen MR) is 80.5 cm³/mol. The first kappa shape index (κ1) is 16.9. The lowest BCUT2D eigenvalue weighted by molar-refractivity contribution is 0.196. The van der Waals surface area contributed by atoms with Gasteiger partial charge in [0, 0.05) is 45.6 Å². The van der Waals surface area contributed by atoms with E-state index >= 15 is 0 Å². The van der Waals surface area contributed by atoms with Crippen molar-refractivity contribution in [1.82, 2.24) is 10.3 Å². The van der Waals surface area contributed by atoms with Crippen molar-refractivity contribution in [3.63, 3.8) is 0 Å². The average Bonchev–Trinajstić information content (AvgIpc) is 2.40. The van der Waals surface area contributed by atoms with Crippen molar-refractivity contribution in [3.8, 4) is 0 Å². The Morgan fingerprint density at radius 3 is 2.85 bits per heavy atom. The molecule has 0 spiro atoms. The Balaban J connectivity index is 2.63. The van der Waals surface area contributed by atoms with Crippen LogP contribution in [0.3, 0.4) is 0 Å². The third kappa shape index (κ3) is 5.43. The quantitative estimate of drug-likeness (QED) is 0.706. The molecule has 20 heavy (non-hydrogen) atoms. The highest BCUT2D eigenvalue weighted by molar-refractivity contribution is 5.42. The molecule has 4 nitrogen and oxygen atoms in total. The molecular weight excluding hydrogens is 257 g/mol. The van der Waals surface area contributed by atoms with Gasteiger partial charge < -0.3 is 15.0 Å². The molecule has 0 radical (unpaired) electrons. The van der Waals surface area contributed by atoms with Crippen LogP contribution in [-0.2, 0) is 11.3 Å². The van der Waals surface area contributed by atoms with Gasteiger partial charge in [0.15, 0.2) is 11.6 Å². The maximum atomic E-state index is 14.4. The van der Waals surface area contributed by atoms with Crippen LogP contribution in [0.1, 0.15) is 25.8 Å². The molecule has 1 heterocycles. The smallest absolute Gasteiger partial charge is 0.170 e. The van der Waals surface area contributed by atoms with E-state index in [1.165, 1.54) is 0 Å². The van der Waals surface area contributed by atoms with E-state index in [9.17, 15) is 4.39 Å². The van der Waals surface area contributed by atoms with Crippen LogP contribution < -0.4 is 10.2 Å². The second-order valence-electron chi connectivity index (χ2n) is 5.40. The van der Waals surface area contributed by atoms with E-state index < -0.39 is 0 Å². The molecule has 1 aromatic heterocycles. The van der Waals surface area contributed by atoms with Gasteiger partial charge in [-0.15, -0.1) is 0 Å². The average molecular weight is 283 g/mol. The highest BCUT2D eigenvalue weighted by Gasteiger charge is 2.13. The van der Waals surface area contributed by atoms with Crippen LogP contribution in [0.25, 0.3) is 0 Å². The number of methoxy groups -OCH3 is 1. The largest absolute Gasteiger partial charge is 0.385 e. The molecule has 0 unspecified atom stereocenters. The summed E-state index contributed by atoms with van der Waals surface area (Å²) in [5.74, 6) is 0.727. The lowest BCUT2D eigenvalue weighted by atomic mass is 10.2. The number of nitrogens with zero attached hydrogens (tertiary/aromatic N) is 2. The molecule has 0 aliphatic rings. The van der Waals surface area contributed by atoms with Crippen LogP contribution in [0.15, 0.2) is 12.3 Å². The molecule has 5 heteroatoms. The number of hydrogen-bond acceptors (Lipinski definition) is 4. The van der Waals surface area contributed by atoms with Gasteiger partial charge in [-0.1, -0.05) is 13.8 Å². The van der Waals surface area contributed by atoms with Crippen LogP contribution in [0.5, 0.6) is 0 Å². The van der Waals surface area contributed by atoms with Gasteiger partial charge in [0.1, 0.15) is 0 Å². The molecule has 0 amide bonds. The van der Waals surface area contributed by atoms with Crippen LogP contribution in [-0.4, -0.2) is 38.8 Å². The van der Waals surface area contributed by atoms with Crippen molar-refractivity contribution in [2.24, 2.45) is 5.92 Å². The molecule has 0 aliphatic carbocycles. The Hall–Kier alpha value is -1.20. The fraction of sp³-hybridized carbons (Fsp3) is 0.667. The minimum absolute atomic E-state index is 0.233. The Morgan fingerprint density at radius 2 is 2.20 bits per heavy atom. The van der Waals surface area contributed by atoms with E-state index in [0.717, 1.165) is 19.5 Å². The zero-order chi connectivity index (χ0) is 15.0. The number of ether oxygens (including phenoxy) is 1. The molecule has 0 fully saturated rings. The topological polar surface area (TPSA) is 37.4 Å². The summed E-state index contributed by atoms with van der Waals surface area (Å²) in [6, 6.07) is 1.73. The number of aromatic nitrogens is 1. The molecule has 114 valence electrons. The third-order valence-corrected chi connectivity index (χ3v) is 3.02. The number of hydrogen-bond donors (Lipinski definition) is 1. The van der Waals surface area contributed by atoms with Gasteiger partial charge in [0.2, 0.25) is 0 Å². The Labute approximate surface area is 121 Å². The normalized spacial score (nSPS) is 11.1. The molecule has 0 atom stereocenters. The fourth-order valence-corrected chi connectivity index (χ4v) is 1.92. The summed E-state index contributed by atoms with van der Waals surface area (Å²) >= 11 is 0. The van der Waals surface area contributed by atoms with E-state index in [1.54, 1.807) is 19.4 Å². The van der Waals surface area contributed by atoms with Gasteiger partial charge in [0.25, 0.3) is 0 Å². The van der Waals surface area contributed by atoms with E-state index in [-0.39, 0.29) is 5.82 Å². The van der Waals surface area contributed by atoms with Crippen molar-refractivity contribution >= 4 is 5.82 Å². The van der Waals surface area contributed by atoms with Crippen molar-refractivity contribution < 1.29 is 9.13 Å². The molecule has 0 saturated heterocycles. The summed E-state index contributed by atoms with van der Waals surface area (Å²) in [5.41, 5.74) is 0.661. The number of anilines is 1. The SMILES string of the molecule is COCCCN(C)c1nccc(CNCC(C)C)c1F. The van der Waals surface area contributed by atoms with Crippen LogP contribution in [0.4, 0.5) is 10.2 Å². The second-order valence-corrected chi connectivity index (χ2v) is 5.40. The van der Waals surface area contributed by atoms with Gasteiger partial charge in [-0.2, -0.15) is 0 Å². The Kier molecular flexibility index (Phi) is 7.47. The van der Waals surface area contributed by atoms with Gasteiger partial charge >= 0.3 is 0 Å². The Bertz CT molecular complexity index is 399. The molecule has 0 bridgehead atoms. The lowest BCUT2D eigenvalue weighted by Gasteiger charge is -2.19. The molecular formula is C15H26FN3O. The molecule has 0 saturated carbocycles. The molecule has 0 aromatic carbocycles. The number of rotatable bonds is 9. The van der Waals surface area contributed by atoms with Crippen molar-refractivity contribution in [2.45, 2.75) is 26.8 Å².